The molecule has 90 valence electrons. The van der Waals surface area contributed by atoms with Gasteiger partial charge in [-0.25, -0.2) is 0 Å². The van der Waals surface area contributed by atoms with Gasteiger partial charge in [0.15, 0.2) is 0 Å². The van der Waals surface area contributed by atoms with E-state index in [4.69, 9.17) is 5.73 Å². The van der Waals surface area contributed by atoms with Gasteiger partial charge in [-0.2, -0.15) is 13.2 Å². The first-order chi connectivity index (χ1) is 7.43. The lowest BCUT2D eigenvalue weighted by Gasteiger charge is -2.12. The maximum atomic E-state index is 12.4. The van der Waals surface area contributed by atoms with Gasteiger partial charge in [-0.15, -0.1) is 0 Å². The summed E-state index contributed by atoms with van der Waals surface area (Å²) in [7, 11) is 0. The lowest BCUT2D eigenvalue weighted by atomic mass is 10.0. The van der Waals surface area contributed by atoms with Gasteiger partial charge in [-0.3, -0.25) is 0 Å². The van der Waals surface area contributed by atoms with Gasteiger partial charge < -0.3 is 5.73 Å². The summed E-state index contributed by atoms with van der Waals surface area (Å²) in [4.78, 5) is 0. The number of nitrogens with two attached hydrogens (primary N) is 1. The lowest BCUT2D eigenvalue weighted by Crippen LogP contribution is -2.22. The van der Waals surface area contributed by atoms with Crippen LogP contribution in [0.25, 0.3) is 0 Å². The molecular weight excluding hydrogens is 215 g/mol. The summed E-state index contributed by atoms with van der Waals surface area (Å²) in [6.45, 7) is 2.01. The van der Waals surface area contributed by atoms with Gasteiger partial charge in [0, 0.05) is 6.04 Å². The van der Waals surface area contributed by atoms with Crippen molar-refractivity contribution in [3.8, 4) is 0 Å². The molecule has 0 aliphatic heterocycles. The highest BCUT2D eigenvalue weighted by Crippen LogP contribution is 2.29. The highest BCUT2D eigenvalue weighted by molar-refractivity contribution is 5.26. The third-order valence-electron chi connectivity index (χ3n) is 2.41. The summed E-state index contributed by atoms with van der Waals surface area (Å²) < 4.78 is 37.3. The number of hydrogen-bond donors (Lipinski definition) is 1. The average Bonchev–Trinajstić information content (AvgIpc) is 2.17. The molecule has 1 atom stereocenters. The normalized spacial score (nSPS) is 13.8. The Morgan fingerprint density at radius 3 is 2.56 bits per heavy atom. The van der Waals surface area contributed by atoms with Crippen LogP contribution in [0.2, 0.25) is 0 Å². The molecule has 0 saturated carbocycles. The first-order valence-corrected chi connectivity index (χ1v) is 5.35. The van der Waals surface area contributed by atoms with Gasteiger partial charge in [-0.05, 0) is 24.5 Å². The Kier molecular flexibility index (Phi) is 4.35. The Hall–Kier alpha value is -1.03. The number of hydrogen-bond acceptors (Lipinski definition) is 1. The smallest absolute Gasteiger partial charge is 0.327 e. The third-order valence-corrected chi connectivity index (χ3v) is 2.41. The van der Waals surface area contributed by atoms with Crippen LogP contribution in [0.5, 0.6) is 0 Å². The van der Waals surface area contributed by atoms with Crippen LogP contribution in [0, 0.1) is 0 Å². The maximum Gasteiger partial charge on any atom is 0.416 e. The number of alkyl halides is 3. The largest absolute Gasteiger partial charge is 0.416 e. The third kappa shape index (κ3) is 3.85. The van der Waals surface area contributed by atoms with Crippen LogP contribution >= 0.6 is 0 Å². The highest BCUT2D eigenvalue weighted by Gasteiger charge is 2.30. The molecule has 4 heteroatoms. The molecule has 0 aliphatic carbocycles. The lowest BCUT2D eigenvalue weighted by molar-refractivity contribution is -0.137. The van der Waals surface area contributed by atoms with E-state index in [2.05, 4.69) is 0 Å². The van der Waals surface area contributed by atoms with E-state index in [0.29, 0.717) is 12.0 Å². The SMILES string of the molecule is CCC[C@@H](N)Cc1cccc(C(F)(F)F)c1. The standard InChI is InChI=1S/C12H16F3N/c1-2-4-11(16)8-9-5-3-6-10(7-9)12(13,14)15/h3,5-7,11H,2,4,8,16H2,1H3/t11-/m1/s1. The van der Waals surface area contributed by atoms with Crippen LogP contribution in [0.3, 0.4) is 0 Å². The summed E-state index contributed by atoms with van der Waals surface area (Å²) >= 11 is 0. The van der Waals surface area contributed by atoms with Crippen LogP contribution in [-0.4, -0.2) is 6.04 Å². The number of rotatable bonds is 4. The van der Waals surface area contributed by atoms with Crippen molar-refractivity contribution in [1.82, 2.24) is 0 Å². The Balaban J connectivity index is 2.75. The van der Waals surface area contributed by atoms with E-state index in [-0.39, 0.29) is 6.04 Å². The molecule has 0 heterocycles. The minimum absolute atomic E-state index is 0.0616. The summed E-state index contributed by atoms with van der Waals surface area (Å²) in [5.41, 5.74) is 5.84. The quantitative estimate of drug-likeness (QED) is 0.844. The fourth-order valence-electron chi connectivity index (χ4n) is 1.65. The second-order valence-corrected chi connectivity index (χ2v) is 3.95. The van der Waals surface area contributed by atoms with Gasteiger partial charge in [0.25, 0.3) is 0 Å². The van der Waals surface area contributed by atoms with E-state index in [1.54, 1.807) is 6.07 Å². The first-order valence-electron chi connectivity index (χ1n) is 5.35. The van der Waals surface area contributed by atoms with Crippen LogP contribution in [0.15, 0.2) is 24.3 Å². The molecule has 0 saturated heterocycles. The molecule has 0 aliphatic rings. The molecule has 0 fully saturated rings. The molecule has 0 amide bonds. The molecule has 1 nitrogen and oxygen atoms in total. The van der Waals surface area contributed by atoms with Gasteiger partial charge >= 0.3 is 6.18 Å². The van der Waals surface area contributed by atoms with E-state index < -0.39 is 11.7 Å². The predicted octanol–water partition coefficient (Wildman–Crippen LogP) is 3.38. The molecule has 1 aromatic rings. The van der Waals surface area contributed by atoms with E-state index >= 15 is 0 Å². The fraction of sp³-hybridized carbons (Fsp3) is 0.500. The van der Waals surface area contributed by atoms with Crippen molar-refractivity contribution in [2.45, 2.75) is 38.4 Å². The summed E-state index contributed by atoms with van der Waals surface area (Å²) in [6.07, 6.45) is -2.00. The number of halogens is 3. The van der Waals surface area contributed by atoms with Crippen molar-refractivity contribution in [3.63, 3.8) is 0 Å². The zero-order valence-electron chi connectivity index (χ0n) is 9.22. The summed E-state index contributed by atoms with van der Waals surface area (Å²) in [6, 6.07) is 5.31. The van der Waals surface area contributed by atoms with Crippen LogP contribution in [0.4, 0.5) is 13.2 Å². The minimum atomic E-state index is -4.27. The highest BCUT2D eigenvalue weighted by atomic mass is 19.4. The van der Waals surface area contributed by atoms with Crippen LogP contribution in [-0.2, 0) is 12.6 Å². The molecule has 0 radical (unpaired) electrons. The van der Waals surface area contributed by atoms with Crippen molar-refractivity contribution in [3.05, 3.63) is 35.4 Å². The first kappa shape index (κ1) is 13.0. The Labute approximate surface area is 93.5 Å². The Morgan fingerprint density at radius 2 is 2.00 bits per heavy atom. The van der Waals surface area contributed by atoms with Crippen molar-refractivity contribution >= 4 is 0 Å². The minimum Gasteiger partial charge on any atom is -0.327 e. The Morgan fingerprint density at radius 1 is 1.31 bits per heavy atom. The average molecular weight is 231 g/mol. The van der Waals surface area contributed by atoms with Gasteiger partial charge in [0.2, 0.25) is 0 Å². The second kappa shape index (κ2) is 5.34. The molecule has 0 bridgehead atoms. The van der Waals surface area contributed by atoms with Crippen molar-refractivity contribution < 1.29 is 13.2 Å². The topological polar surface area (TPSA) is 26.0 Å². The number of benzene rings is 1. The monoisotopic (exact) mass is 231 g/mol. The van der Waals surface area contributed by atoms with Gasteiger partial charge in [0.1, 0.15) is 0 Å². The zero-order valence-corrected chi connectivity index (χ0v) is 9.22. The molecule has 1 rings (SSSR count). The van der Waals surface area contributed by atoms with E-state index in [1.807, 2.05) is 6.92 Å². The molecule has 16 heavy (non-hydrogen) atoms. The molecule has 0 spiro atoms. The summed E-state index contributed by atoms with van der Waals surface area (Å²) in [5, 5.41) is 0. The summed E-state index contributed by atoms with van der Waals surface area (Å²) in [5.74, 6) is 0. The molecule has 2 N–H and O–H groups in total. The van der Waals surface area contributed by atoms with E-state index in [0.717, 1.165) is 18.9 Å². The van der Waals surface area contributed by atoms with Crippen LogP contribution < -0.4 is 5.73 Å². The van der Waals surface area contributed by atoms with Crippen molar-refractivity contribution in [2.75, 3.05) is 0 Å². The second-order valence-electron chi connectivity index (χ2n) is 3.95. The molecule has 1 aromatic carbocycles. The van der Waals surface area contributed by atoms with Crippen LogP contribution in [0.1, 0.15) is 30.9 Å². The van der Waals surface area contributed by atoms with E-state index in [1.165, 1.54) is 12.1 Å². The van der Waals surface area contributed by atoms with Gasteiger partial charge in [0.05, 0.1) is 5.56 Å². The van der Waals surface area contributed by atoms with E-state index in [9.17, 15) is 13.2 Å². The Bertz CT molecular complexity index is 333. The molecule has 0 unspecified atom stereocenters. The van der Waals surface area contributed by atoms with Crippen molar-refractivity contribution in [1.29, 1.82) is 0 Å². The fourth-order valence-corrected chi connectivity index (χ4v) is 1.65. The molecular formula is C12H16F3N. The van der Waals surface area contributed by atoms with Crippen molar-refractivity contribution in [2.24, 2.45) is 5.73 Å². The maximum absolute atomic E-state index is 12.4. The predicted molar refractivity (Wildman–Crippen MR) is 58.0 cm³/mol. The molecule has 0 aromatic heterocycles. The zero-order chi connectivity index (χ0) is 12.2. The van der Waals surface area contributed by atoms with Gasteiger partial charge in [-0.1, -0.05) is 31.5 Å².